The average molecular weight is 397 g/mol. The molecular formula is C21H30Cl2N2O. The van der Waals surface area contributed by atoms with Crippen LogP contribution in [-0.4, -0.2) is 37.7 Å². The van der Waals surface area contributed by atoms with E-state index < -0.39 is 0 Å². The Labute approximate surface area is 169 Å². The van der Waals surface area contributed by atoms with E-state index in [9.17, 15) is 0 Å². The highest BCUT2D eigenvalue weighted by Gasteiger charge is 2.26. The Morgan fingerprint density at radius 2 is 1.85 bits per heavy atom. The number of hydrogen-bond donors (Lipinski definition) is 1. The van der Waals surface area contributed by atoms with Crippen LogP contribution in [0.3, 0.4) is 0 Å². The average Bonchev–Trinajstić information content (AvgIpc) is 2.61. The second-order valence-corrected chi connectivity index (χ2v) is 6.59. The molecule has 0 aromatic heterocycles. The SMILES string of the molecule is C=C(C)C[C@@H](c1c(OCC)ccc2ccccc12)N1CCNCC1.Cl.Cl. The number of fused-ring (bicyclic) bond motifs is 1. The van der Waals surface area contributed by atoms with E-state index in [1.165, 1.54) is 21.9 Å². The van der Waals surface area contributed by atoms with E-state index in [1.54, 1.807) is 0 Å². The molecule has 0 unspecified atom stereocenters. The number of rotatable bonds is 6. The Hall–Kier alpha value is -1.26. The van der Waals surface area contributed by atoms with Gasteiger partial charge in [-0.15, -0.1) is 31.4 Å². The van der Waals surface area contributed by atoms with Gasteiger partial charge in [-0.05, 0) is 37.1 Å². The van der Waals surface area contributed by atoms with E-state index in [1.807, 2.05) is 0 Å². The molecule has 1 saturated heterocycles. The Balaban J connectivity index is 0.00000169. The second kappa shape index (κ2) is 10.8. The molecule has 2 aromatic rings. The summed E-state index contributed by atoms with van der Waals surface area (Å²) in [6, 6.07) is 13.2. The topological polar surface area (TPSA) is 24.5 Å². The van der Waals surface area contributed by atoms with Crippen LogP contribution in [0.4, 0.5) is 0 Å². The van der Waals surface area contributed by atoms with E-state index in [0.717, 1.165) is 38.3 Å². The maximum Gasteiger partial charge on any atom is 0.124 e. The summed E-state index contributed by atoms with van der Waals surface area (Å²) < 4.78 is 6.03. The van der Waals surface area contributed by atoms with Crippen LogP contribution in [0.5, 0.6) is 5.75 Å². The predicted molar refractivity (Wildman–Crippen MR) is 116 cm³/mol. The van der Waals surface area contributed by atoms with Gasteiger partial charge in [0.1, 0.15) is 5.75 Å². The van der Waals surface area contributed by atoms with Crippen LogP contribution >= 0.6 is 24.8 Å². The first kappa shape index (κ1) is 22.8. The molecule has 0 spiro atoms. The first-order valence-corrected chi connectivity index (χ1v) is 8.94. The van der Waals surface area contributed by atoms with Gasteiger partial charge in [-0.2, -0.15) is 0 Å². The summed E-state index contributed by atoms with van der Waals surface area (Å²) in [6.07, 6.45) is 0.966. The minimum Gasteiger partial charge on any atom is -0.494 e. The molecule has 0 bridgehead atoms. The van der Waals surface area contributed by atoms with Crippen LogP contribution < -0.4 is 10.1 Å². The lowest BCUT2D eigenvalue weighted by molar-refractivity contribution is 0.169. The van der Waals surface area contributed by atoms with Crippen molar-refractivity contribution in [3.63, 3.8) is 0 Å². The lowest BCUT2D eigenvalue weighted by atomic mass is 9.92. The second-order valence-electron chi connectivity index (χ2n) is 6.59. The molecule has 0 saturated carbocycles. The quantitative estimate of drug-likeness (QED) is 0.695. The molecule has 144 valence electrons. The summed E-state index contributed by atoms with van der Waals surface area (Å²) in [5, 5.41) is 6.03. The van der Waals surface area contributed by atoms with Crippen LogP contribution in [-0.2, 0) is 0 Å². The number of nitrogens with zero attached hydrogens (tertiary/aromatic N) is 1. The van der Waals surface area contributed by atoms with Crippen LogP contribution in [0.1, 0.15) is 31.9 Å². The molecule has 1 aliphatic heterocycles. The van der Waals surface area contributed by atoms with E-state index in [0.29, 0.717) is 12.6 Å². The number of nitrogens with one attached hydrogen (secondary N) is 1. The van der Waals surface area contributed by atoms with Gasteiger partial charge in [-0.25, -0.2) is 0 Å². The summed E-state index contributed by atoms with van der Waals surface area (Å²) in [5.74, 6) is 1.01. The lowest BCUT2D eigenvalue weighted by Gasteiger charge is -2.36. The highest BCUT2D eigenvalue weighted by atomic mass is 35.5. The fourth-order valence-corrected chi connectivity index (χ4v) is 3.64. The maximum atomic E-state index is 6.03. The smallest absolute Gasteiger partial charge is 0.124 e. The molecule has 3 nitrogen and oxygen atoms in total. The molecule has 0 aliphatic carbocycles. The zero-order chi connectivity index (χ0) is 16.9. The highest BCUT2D eigenvalue weighted by molar-refractivity contribution is 5.88. The van der Waals surface area contributed by atoms with Crippen molar-refractivity contribution in [2.75, 3.05) is 32.8 Å². The Morgan fingerprint density at radius 1 is 1.15 bits per heavy atom. The van der Waals surface area contributed by atoms with Crippen LogP contribution in [0.25, 0.3) is 10.8 Å². The van der Waals surface area contributed by atoms with Gasteiger partial charge in [-0.1, -0.05) is 35.9 Å². The zero-order valence-electron chi connectivity index (χ0n) is 15.7. The van der Waals surface area contributed by atoms with Crippen molar-refractivity contribution in [2.24, 2.45) is 0 Å². The minimum atomic E-state index is 0. The van der Waals surface area contributed by atoms with Gasteiger partial charge in [0.15, 0.2) is 0 Å². The predicted octanol–water partition coefficient (Wildman–Crippen LogP) is 4.99. The number of benzene rings is 2. The summed E-state index contributed by atoms with van der Waals surface area (Å²) in [6.45, 7) is 13.3. The van der Waals surface area contributed by atoms with E-state index in [-0.39, 0.29) is 24.8 Å². The largest absolute Gasteiger partial charge is 0.494 e. The summed E-state index contributed by atoms with van der Waals surface area (Å²) in [7, 11) is 0. The third kappa shape index (κ3) is 5.14. The minimum absolute atomic E-state index is 0. The Kier molecular flexibility index (Phi) is 9.45. The van der Waals surface area contributed by atoms with Crippen molar-refractivity contribution >= 4 is 35.6 Å². The van der Waals surface area contributed by atoms with E-state index >= 15 is 0 Å². The first-order valence-electron chi connectivity index (χ1n) is 8.94. The Morgan fingerprint density at radius 3 is 2.50 bits per heavy atom. The van der Waals surface area contributed by atoms with Gasteiger partial charge >= 0.3 is 0 Å². The Bertz CT molecular complexity index is 714. The fraction of sp³-hybridized carbons (Fsp3) is 0.429. The normalized spacial score (nSPS) is 15.6. The number of halogens is 2. The number of piperazine rings is 1. The molecule has 3 rings (SSSR count). The van der Waals surface area contributed by atoms with Crippen LogP contribution in [0, 0.1) is 0 Å². The van der Waals surface area contributed by atoms with Gasteiger partial charge in [0.05, 0.1) is 6.61 Å². The maximum absolute atomic E-state index is 6.03. The van der Waals surface area contributed by atoms with Crippen molar-refractivity contribution in [3.8, 4) is 5.75 Å². The summed E-state index contributed by atoms with van der Waals surface area (Å²) in [4.78, 5) is 2.58. The van der Waals surface area contributed by atoms with Crippen molar-refractivity contribution in [2.45, 2.75) is 26.3 Å². The lowest BCUT2D eigenvalue weighted by Crippen LogP contribution is -2.45. The first-order chi connectivity index (χ1) is 11.7. The molecule has 1 aliphatic rings. The number of ether oxygens (including phenoxy) is 1. The molecule has 1 atom stereocenters. The molecular weight excluding hydrogens is 367 g/mol. The van der Waals surface area contributed by atoms with Gasteiger partial charge in [0.2, 0.25) is 0 Å². The summed E-state index contributed by atoms with van der Waals surface area (Å²) in [5.41, 5.74) is 2.54. The van der Waals surface area contributed by atoms with Gasteiger partial charge in [-0.3, -0.25) is 4.90 Å². The van der Waals surface area contributed by atoms with E-state index in [4.69, 9.17) is 4.74 Å². The third-order valence-electron chi connectivity index (χ3n) is 4.70. The zero-order valence-corrected chi connectivity index (χ0v) is 17.3. The van der Waals surface area contributed by atoms with Crippen LogP contribution in [0.2, 0.25) is 0 Å². The van der Waals surface area contributed by atoms with Crippen molar-refractivity contribution in [3.05, 3.63) is 54.1 Å². The molecule has 0 radical (unpaired) electrons. The third-order valence-corrected chi connectivity index (χ3v) is 4.70. The molecule has 2 aromatic carbocycles. The standard InChI is InChI=1S/C21H28N2O.2ClH/c1-4-24-20-10-9-17-7-5-6-8-18(17)21(20)19(15-16(2)3)23-13-11-22-12-14-23;;/h5-10,19,22H,2,4,11-15H2,1,3H3;2*1H/t19-;;/m0../s1. The van der Waals surface area contributed by atoms with Crippen molar-refractivity contribution < 1.29 is 4.74 Å². The fourth-order valence-electron chi connectivity index (χ4n) is 3.64. The molecule has 0 amide bonds. The van der Waals surface area contributed by atoms with Gasteiger partial charge < -0.3 is 10.1 Å². The van der Waals surface area contributed by atoms with Gasteiger partial charge in [0, 0.05) is 37.8 Å². The van der Waals surface area contributed by atoms with E-state index in [2.05, 4.69) is 67.0 Å². The molecule has 1 N–H and O–H groups in total. The molecule has 1 fully saturated rings. The van der Waals surface area contributed by atoms with Crippen molar-refractivity contribution in [1.29, 1.82) is 0 Å². The molecule has 1 heterocycles. The van der Waals surface area contributed by atoms with Crippen molar-refractivity contribution in [1.82, 2.24) is 10.2 Å². The summed E-state index contributed by atoms with van der Waals surface area (Å²) >= 11 is 0. The van der Waals surface area contributed by atoms with Crippen LogP contribution in [0.15, 0.2) is 48.6 Å². The monoisotopic (exact) mass is 396 g/mol. The van der Waals surface area contributed by atoms with Gasteiger partial charge in [0.25, 0.3) is 0 Å². The molecule has 26 heavy (non-hydrogen) atoms. The molecule has 5 heteroatoms. The number of hydrogen-bond acceptors (Lipinski definition) is 3. The highest BCUT2D eigenvalue weighted by Crippen LogP contribution is 2.39.